The minimum absolute atomic E-state index is 0.374. The van der Waals surface area contributed by atoms with Crippen molar-refractivity contribution in [3.05, 3.63) is 29.8 Å². The van der Waals surface area contributed by atoms with Gasteiger partial charge in [-0.2, -0.15) is 4.31 Å². The van der Waals surface area contributed by atoms with E-state index in [4.69, 9.17) is 0 Å². The van der Waals surface area contributed by atoms with Crippen LogP contribution in [0.2, 0.25) is 0 Å². The molecule has 1 aromatic carbocycles. The topological polar surface area (TPSA) is 77.0 Å². The summed E-state index contributed by atoms with van der Waals surface area (Å²) in [6.45, 7) is 11.5. The lowest BCUT2D eigenvalue weighted by molar-refractivity contribution is 0.191. The third-order valence-corrected chi connectivity index (χ3v) is 8.12. The van der Waals surface area contributed by atoms with Crippen molar-refractivity contribution < 1.29 is 8.42 Å². The molecular formula is C23H39N5O2S. The maximum atomic E-state index is 12.6. The van der Waals surface area contributed by atoms with Crippen molar-refractivity contribution in [2.24, 2.45) is 10.9 Å². The molecule has 0 aromatic heterocycles. The first-order valence-electron chi connectivity index (χ1n) is 11.8. The largest absolute Gasteiger partial charge is 0.357 e. The number of rotatable bonds is 9. The molecule has 0 amide bonds. The van der Waals surface area contributed by atoms with Crippen LogP contribution in [0.3, 0.4) is 0 Å². The highest BCUT2D eigenvalue weighted by molar-refractivity contribution is 7.89. The number of hydrogen-bond acceptors (Lipinski definition) is 4. The molecule has 2 aliphatic rings. The molecule has 8 heteroatoms. The van der Waals surface area contributed by atoms with Gasteiger partial charge in [-0.3, -0.25) is 0 Å². The molecule has 2 saturated heterocycles. The van der Waals surface area contributed by atoms with Gasteiger partial charge in [0.2, 0.25) is 10.0 Å². The number of benzene rings is 1. The first-order valence-corrected chi connectivity index (χ1v) is 13.3. The normalized spacial score (nSPS) is 19.6. The van der Waals surface area contributed by atoms with E-state index in [1.54, 1.807) is 16.4 Å². The van der Waals surface area contributed by atoms with Crippen LogP contribution in [0.4, 0.5) is 0 Å². The summed E-state index contributed by atoms with van der Waals surface area (Å²) < 4.78 is 26.9. The highest BCUT2D eigenvalue weighted by Crippen LogP contribution is 2.21. The van der Waals surface area contributed by atoms with Gasteiger partial charge in [0.25, 0.3) is 0 Å². The molecule has 0 spiro atoms. The van der Waals surface area contributed by atoms with Crippen LogP contribution in [0.5, 0.6) is 0 Å². The van der Waals surface area contributed by atoms with Crippen LogP contribution >= 0.6 is 0 Å². The molecule has 2 heterocycles. The van der Waals surface area contributed by atoms with Gasteiger partial charge in [0, 0.05) is 26.2 Å². The molecule has 0 unspecified atom stereocenters. The maximum Gasteiger partial charge on any atom is 0.243 e. The van der Waals surface area contributed by atoms with Crippen molar-refractivity contribution >= 4 is 16.0 Å². The van der Waals surface area contributed by atoms with Crippen LogP contribution in [-0.2, 0) is 16.6 Å². The summed E-state index contributed by atoms with van der Waals surface area (Å²) in [5.74, 6) is 1.68. The Morgan fingerprint density at radius 2 is 1.74 bits per heavy atom. The van der Waals surface area contributed by atoms with E-state index >= 15 is 0 Å². The van der Waals surface area contributed by atoms with Crippen molar-refractivity contribution in [1.82, 2.24) is 19.8 Å². The highest BCUT2D eigenvalue weighted by Gasteiger charge is 2.26. The zero-order valence-corrected chi connectivity index (χ0v) is 20.0. The van der Waals surface area contributed by atoms with E-state index in [0.717, 1.165) is 56.3 Å². The molecule has 0 aliphatic carbocycles. The second kappa shape index (κ2) is 11.8. The van der Waals surface area contributed by atoms with E-state index in [1.165, 1.54) is 25.9 Å². The number of guanidine groups is 1. The number of aliphatic imine (C=N–C) groups is 1. The van der Waals surface area contributed by atoms with Gasteiger partial charge >= 0.3 is 0 Å². The van der Waals surface area contributed by atoms with Crippen molar-refractivity contribution in [2.45, 2.75) is 57.4 Å². The standard InChI is InChI=1S/C23H39N5O2S/c1-3-24-23(25-13-6-14-27-17-11-20(2)12-18-27)26-19-21-7-9-22(10-8-21)31(29,30)28-15-4-5-16-28/h7-10,20H,3-6,11-19H2,1-2H3,(H2,24,25,26). The summed E-state index contributed by atoms with van der Waals surface area (Å²) in [4.78, 5) is 7.60. The molecular weight excluding hydrogens is 410 g/mol. The van der Waals surface area contributed by atoms with Crippen LogP contribution in [0.15, 0.2) is 34.2 Å². The van der Waals surface area contributed by atoms with Gasteiger partial charge in [-0.05, 0) is 82.3 Å². The van der Waals surface area contributed by atoms with E-state index in [2.05, 4.69) is 34.4 Å². The fourth-order valence-corrected chi connectivity index (χ4v) is 5.67. The quantitative estimate of drug-likeness (QED) is 0.344. The van der Waals surface area contributed by atoms with E-state index in [1.807, 2.05) is 12.1 Å². The number of hydrogen-bond donors (Lipinski definition) is 2. The second-order valence-electron chi connectivity index (χ2n) is 8.75. The van der Waals surface area contributed by atoms with Crippen molar-refractivity contribution in [2.75, 3.05) is 45.8 Å². The summed E-state index contributed by atoms with van der Waals surface area (Å²) in [5, 5.41) is 6.71. The van der Waals surface area contributed by atoms with Crippen LogP contribution in [0.1, 0.15) is 51.5 Å². The minimum atomic E-state index is -3.35. The van der Waals surface area contributed by atoms with Crippen molar-refractivity contribution in [3.8, 4) is 0 Å². The molecule has 7 nitrogen and oxygen atoms in total. The summed E-state index contributed by atoms with van der Waals surface area (Å²) in [6, 6.07) is 7.15. The predicted octanol–water partition coefficient (Wildman–Crippen LogP) is 2.65. The predicted molar refractivity (Wildman–Crippen MR) is 127 cm³/mol. The van der Waals surface area contributed by atoms with E-state index in [0.29, 0.717) is 24.5 Å². The Labute approximate surface area is 188 Å². The lowest BCUT2D eigenvalue weighted by Crippen LogP contribution is -2.39. The van der Waals surface area contributed by atoms with E-state index < -0.39 is 10.0 Å². The average Bonchev–Trinajstić information content (AvgIpc) is 3.32. The number of nitrogens with zero attached hydrogens (tertiary/aromatic N) is 3. The molecule has 0 atom stereocenters. The Morgan fingerprint density at radius 3 is 2.39 bits per heavy atom. The molecule has 2 aliphatic heterocycles. The summed E-state index contributed by atoms with van der Waals surface area (Å²) >= 11 is 0. The summed E-state index contributed by atoms with van der Waals surface area (Å²) in [5.41, 5.74) is 1.00. The summed E-state index contributed by atoms with van der Waals surface area (Å²) in [6.07, 6.45) is 5.63. The molecule has 2 N–H and O–H groups in total. The van der Waals surface area contributed by atoms with Crippen LogP contribution in [-0.4, -0.2) is 69.4 Å². The van der Waals surface area contributed by atoms with Crippen LogP contribution < -0.4 is 10.6 Å². The Kier molecular flexibility index (Phi) is 9.16. The van der Waals surface area contributed by atoms with Gasteiger partial charge in [-0.15, -0.1) is 0 Å². The molecule has 1 aromatic rings. The van der Waals surface area contributed by atoms with Crippen LogP contribution in [0.25, 0.3) is 0 Å². The highest BCUT2D eigenvalue weighted by atomic mass is 32.2. The fraction of sp³-hybridized carbons (Fsp3) is 0.696. The Balaban J connectivity index is 1.47. The Morgan fingerprint density at radius 1 is 1.06 bits per heavy atom. The monoisotopic (exact) mass is 449 g/mol. The Bertz CT molecular complexity index is 796. The molecule has 31 heavy (non-hydrogen) atoms. The third-order valence-electron chi connectivity index (χ3n) is 6.21. The average molecular weight is 450 g/mol. The first-order chi connectivity index (χ1) is 15.0. The van der Waals surface area contributed by atoms with Gasteiger partial charge < -0.3 is 15.5 Å². The third kappa shape index (κ3) is 7.19. The smallest absolute Gasteiger partial charge is 0.243 e. The second-order valence-corrected chi connectivity index (χ2v) is 10.7. The summed E-state index contributed by atoms with van der Waals surface area (Å²) in [7, 11) is -3.35. The van der Waals surface area contributed by atoms with E-state index in [9.17, 15) is 8.42 Å². The molecule has 0 saturated carbocycles. The first kappa shape index (κ1) is 24.0. The van der Waals surface area contributed by atoms with Gasteiger partial charge in [0.05, 0.1) is 11.4 Å². The molecule has 0 radical (unpaired) electrons. The van der Waals surface area contributed by atoms with Crippen molar-refractivity contribution in [1.29, 1.82) is 0 Å². The van der Waals surface area contributed by atoms with Gasteiger partial charge in [-0.1, -0.05) is 19.1 Å². The lowest BCUT2D eigenvalue weighted by Gasteiger charge is -2.30. The Hall–Kier alpha value is -1.64. The van der Waals surface area contributed by atoms with E-state index in [-0.39, 0.29) is 0 Å². The lowest BCUT2D eigenvalue weighted by atomic mass is 9.99. The van der Waals surface area contributed by atoms with Crippen LogP contribution in [0, 0.1) is 5.92 Å². The molecule has 0 bridgehead atoms. The number of likely N-dealkylation sites (tertiary alicyclic amines) is 1. The minimum Gasteiger partial charge on any atom is -0.357 e. The number of sulfonamides is 1. The van der Waals surface area contributed by atoms with Crippen molar-refractivity contribution in [3.63, 3.8) is 0 Å². The van der Waals surface area contributed by atoms with Gasteiger partial charge in [0.15, 0.2) is 5.96 Å². The fourth-order valence-electron chi connectivity index (χ4n) is 4.15. The molecule has 174 valence electrons. The number of piperidine rings is 1. The zero-order chi connectivity index (χ0) is 22.1. The van der Waals surface area contributed by atoms with Gasteiger partial charge in [0.1, 0.15) is 0 Å². The SMILES string of the molecule is CCNC(=NCc1ccc(S(=O)(=O)N2CCCC2)cc1)NCCCN1CCC(C)CC1. The number of nitrogens with one attached hydrogen (secondary N) is 2. The zero-order valence-electron chi connectivity index (χ0n) is 19.1. The maximum absolute atomic E-state index is 12.6. The molecule has 2 fully saturated rings. The van der Waals surface area contributed by atoms with Gasteiger partial charge in [-0.25, -0.2) is 13.4 Å². The molecule has 3 rings (SSSR count).